The fourth-order valence-corrected chi connectivity index (χ4v) is 1.67. The van der Waals surface area contributed by atoms with E-state index in [1.54, 1.807) is 4.90 Å². The van der Waals surface area contributed by atoms with Gasteiger partial charge >= 0.3 is 0 Å². The SMILES string of the molecule is FC(F)C1=NCCN1Cc1ccccc1. The van der Waals surface area contributed by atoms with Crippen LogP contribution in [0, 0.1) is 0 Å². The Morgan fingerprint density at radius 1 is 1.27 bits per heavy atom. The van der Waals surface area contributed by atoms with Gasteiger partial charge in [0.1, 0.15) is 0 Å². The number of benzene rings is 1. The van der Waals surface area contributed by atoms with Crippen LogP contribution >= 0.6 is 0 Å². The van der Waals surface area contributed by atoms with E-state index in [1.807, 2.05) is 30.3 Å². The summed E-state index contributed by atoms with van der Waals surface area (Å²) >= 11 is 0. The lowest BCUT2D eigenvalue weighted by Crippen LogP contribution is -2.31. The molecule has 0 saturated carbocycles. The molecular weight excluding hydrogens is 198 g/mol. The van der Waals surface area contributed by atoms with Gasteiger partial charge in [-0.1, -0.05) is 30.3 Å². The first-order chi connectivity index (χ1) is 7.27. The van der Waals surface area contributed by atoms with E-state index in [0.717, 1.165) is 5.56 Å². The van der Waals surface area contributed by atoms with E-state index < -0.39 is 6.43 Å². The minimum atomic E-state index is -2.46. The zero-order valence-electron chi connectivity index (χ0n) is 8.24. The fourth-order valence-electron chi connectivity index (χ4n) is 1.67. The number of rotatable bonds is 3. The number of hydrogen-bond donors (Lipinski definition) is 0. The van der Waals surface area contributed by atoms with Crippen molar-refractivity contribution in [3.63, 3.8) is 0 Å². The van der Waals surface area contributed by atoms with E-state index in [1.165, 1.54) is 0 Å². The van der Waals surface area contributed by atoms with Gasteiger partial charge in [-0.05, 0) is 5.56 Å². The molecular formula is C11H12F2N2. The van der Waals surface area contributed by atoms with Gasteiger partial charge in [-0.2, -0.15) is 0 Å². The first-order valence-corrected chi connectivity index (χ1v) is 4.89. The second-order valence-corrected chi connectivity index (χ2v) is 3.45. The Hall–Kier alpha value is -1.45. The maximum absolute atomic E-state index is 12.5. The third-order valence-electron chi connectivity index (χ3n) is 2.38. The van der Waals surface area contributed by atoms with Crippen LogP contribution in [0.3, 0.4) is 0 Å². The zero-order chi connectivity index (χ0) is 10.7. The molecule has 0 N–H and O–H groups in total. The van der Waals surface area contributed by atoms with Crippen LogP contribution in [0.15, 0.2) is 35.3 Å². The van der Waals surface area contributed by atoms with Gasteiger partial charge in [0.2, 0.25) is 0 Å². The fraction of sp³-hybridized carbons (Fsp3) is 0.364. The molecule has 0 bridgehead atoms. The number of halogens is 2. The largest absolute Gasteiger partial charge is 0.349 e. The van der Waals surface area contributed by atoms with E-state index in [4.69, 9.17) is 0 Å². The number of hydrogen-bond acceptors (Lipinski definition) is 2. The molecule has 80 valence electrons. The topological polar surface area (TPSA) is 15.6 Å². The third kappa shape index (κ3) is 2.32. The van der Waals surface area contributed by atoms with Gasteiger partial charge < -0.3 is 4.90 Å². The second kappa shape index (κ2) is 4.38. The second-order valence-electron chi connectivity index (χ2n) is 3.45. The van der Waals surface area contributed by atoms with Crippen LogP contribution in [0.1, 0.15) is 5.56 Å². The highest BCUT2D eigenvalue weighted by Gasteiger charge is 2.24. The van der Waals surface area contributed by atoms with Gasteiger partial charge in [-0.15, -0.1) is 0 Å². The van der Waals surface area contributed by atoms with Crippen molar-refractivity contribution >= 4 is 5.84 Å². The van der Waals surface area contributed by atoms with Crippen molar-refractivity contribution in [3.8, 4) is 0 Å². The molecule has 1 aliphatic rings. The Bertz CT molecular complexity index is 349. The van der Waals surface area contributed by atoms with Crippen LogP contribution in [0.4, 0.5) is 8.78 Å². The number of amidine groups is 1. The normalized spacial score (nSPS) is 15.9. The molecule has 0 amide bonds. The lowest BCUT2D eigenvalue weighted by Gasteiger charge is -2.19. The van der Waals surface area contributed by atoms with Crippen molar-refractivity contribution in [2.75, 3.05) is 13.1 Å². The predicted octanol–water partition coefficient (Wildman–Crippen LogP) is 2.17. The maximum Gasteiger partial charge on any atom is 0.294 e. The lowest BCUT2D eigenvalue weighted by atomic mass is 10.2. The summed E-state index contributed by atoms with van der Waals surface area (Å²) in [5.41, 5.74) is 1.03. The molecule has 1 aromatic rings. The Labute approximate surface area is 87.2 Å². The highest BCUT2D eigenvalue weighted by atomic mass is 19.3. The highest BCUT2D eigenvalue weighted by molar-refractivity contribution is 5.86. The molecule has 0 unspecified atom stereocenters. The van der Waals surface area contributed by atoms with Gasteiger partial charge in [0.25, 0.3) is 6.43 Å². The molecule has 0 saturated heterocycles. The van der Waals surface area contributed by atoms with Gasteiger partial charge in [0.05, 0.1) is 6.54 Å². The smallest absolute Gasteiger partial charge is 0.294 e. The Morgan fingerprint density at radius 2 is 2.00 bits per heavy atom. The first kappa shape index (κ1) is 10.1. The molecule has 0 aliphatic carbocycles. The summed E-state index contributed by atoms with van der Waals surface area (Å²) in [6, 6.07) is 9.59. The standard InChI is InChI=1S/C11H12F2N2/c12-10(13)11-14-6-7-15(11)8-9-4-2-1-3-5-9/h1-5,10H,6-8H2. The number of nitrogens with zero attached hydrogens (tertiary/aromatic N) is 2. The minimum absolute atomic E-state index is 0.0705. The lowest BCUT2D eigenvalue weighted by molar-refractivity contribution is 0.205. The molecule has 15 heavy (non-hydrogen) atoms. The van der Waals surface area contributed by atoms with E-state index in [2.05, 4.69) is 4.99 Å². The van der Waals surface area contributed by atoms with Crippen molar-refractivity contribution in [1.82, 2.24) is 4.90 Å². The minimum Gasteiger partial charge on any atom is -0.349 e. The third-order valence-corrected chi connectivity index (χ3v) is 2.38. The average Bonchev–Trinajstić information content (AvgIpc) is 2.67. The first-order valence-electron chi connectivity index (χ1n) is 4.89. The van der Waals surface area contributed by atoms with E-state index >= 15 is 0 Å². The van der Waals surface area contributed by atoms with Crippen molar-refractivity contribution < 1.29 is 8.78 Å². The summed E-state index contributed by atoms with van der Waals surface area (Å²) in [6.45, 7) is 1.59. The number of alkyl halides is 2. The van der Waals surface area contributed by atoms with Crippen molar-refractivity contribution in [2.24, 2.45) is 4.99 Å². The molecule has 0 atom stereocenters. The van der Waals surface area contributed by atoms with Gasteiger partial charge in [-0.25, -0.2) is 8.78 Å². The Morgan fingerprint density at radius 3 is 2.67 bits per heavy atom. The quantitative estimate of drug-likeness (QED) is 0.746. The van der Waals surface area contributed by atoms with Crippen LogP contribution in [-0.2, 0) is 6.54 Å². The number of aliphatic imine (C=N–C) groups is 1. The summed E-state index contributed by atoms with van der Waals surface area (Å²) in [4.78, 5) is 5.44. The van der Waals surface area contributed by atoms with Crippen LogP contribution in [0.25, 0.3) is 0 Å². The monoisotopic (exact) mass is 210 g/mol. The molecule has 2 rings (SSSR count). The zero-order valence-corrected chi connectivity index (χ0v) is 8.24. The molecule has 2 nitrogen and oxygen atoms in total. The Balaban J connectivity index is 2.04. The molecule has 0 aromatic heterocycles. The molecule has 0 radical (unpaired) electrons. The highest BCUT2D eigenvalue weighted by Crippen LogP contribution is 2.13. The van der Waals surface area contributed by atoms with Gasteiger partial charge in [0, 0.05) is 13.1 Å². The van der Waals surface area contributed by atoms with E-state index in [9.17, 15) is 8.78 Å². The van der Waals surface area contributed by atoms with E-state index in [0.29, 0.717) is 19.6 Å². The molecule has 0 spiro atoms. The predicted molar refractivity (Wildman–Crippen MR) is 55.2 cm³/mol. The Kier molecular flexibility index (Phi) is 2.94. The van der Waals surface area contributed by atoms with Crippen LogP contribution < -0.4 is 0 Å². The maximum atomic E-state index is 12.5. The molecule has 1 aliphatic heterocycles. The van der Waals surface area contributed by atoms with Crippen molar-refractivity contribution in [3.05, 3.63) is 35.9 Å². The summed E-state index contributed by atoms with van der Waals surface area (Å²) in [5, 5.41) is 0. The summed E-state index contributed by atoms with van der Waals surface area (Å²) in [6.07, 6.45) is -2.46. The summed E-state index contributed by atoms with van der Waals surface area (Å²) < 4.78 is 25.0. The van der Waals surface area contributed by atoms with Crippen LogP contribution in [0.2, 0.25) is 0 Å². The molecule has 0 fully saturated rings. The molecule has 1 aromatic carbocycles. The van der Waals surface area contributed by atoms with Gasteiger partial charge in [-0.3, -0.25) is 4.99 Å². The molecule has 1 heterocycles. The average molecular weight is 210 g/mol. The summed E-state index contributed by atoms with van der Waals surface area (Å²) in [5.74, 6) is -0.0705. The summed E-state index contributed by atoms with van der Waals surface area (Å²) in [7, 11) is 0. The van der Waals surface area contributed by atoms with Gasteiger partial charge in [0.15, 0.2) is 5.84 Å². The van der Waals surface area contributed by atoms with Crippen molar-refractivity contribution in [1.29, 1.82) is 0 Å². The van der Waals surface area contributed by atoms with Crippen LogP contribution in [-0.4, -0.2) is 30.3 Å². The van der Waals surface area contributed by atoms with Crippen molar-refractivity contribution in [2.45, 2.75) is 13.0 Å². The van der Waals surface area contributed by atoms with E-state index in [-0.39, 0.29) is 5.84 Å². The molecule has 4 heteroatoms. The van der Waals surface area contributed by atoms with Crippen LogP contribution in [0.5, 0.6) is 0 Å².